The third-order valence-electron chi connectivity index (χ3n) is 4.30. The number of nitrogens with zero attached hydrogens (tertiary/aromatic N) is 3. The fourth-order valence-electron chi connectivity index (χ4n) is 2.65. The van der Waals surface area contributed by atoms with Gasteiger partial charge in [0.1, 0.15) is 0 Å². The first kappa shape index (κ1) is 20.3. The molecular formula is C21H25N5O3. The minimum atomic E-state index is -0.472. The molecule has 2 heterocycles. The predicted octanol–water partition coefficient (Wildman–Crippen LogP) is 3.50. The maximum Gasteiger partial charge on any atom is 0.277 e. The Balaban J connectivity index is 1.77. The smallest absolute Gasteiger partial charge is 0.277 e. The van der Waals surface area contributed by atoms with Gasteiger partial charge in [-0.3, -0.25) is 14.3 Å². The van der Waals surface area contributed by atoms with Gasteiger partial charge in [-0.2, -0.15) is 5.10 Å². The largest absolute Gasteiger partial charge is 0.355 e. The minimum Gasteiger partial charge on any atom is -0.355 e. The van der Waals surface area contributed by atoms with E-state index in [0.717, 1.165) is 11.1 Å². The van der Waals surface area contributed by atoms with Crippen LogP contribution in [0.1, 0.15) is 47.3 Å². The number of benzene rings is 1. The minimum absolute atomic E-state index is 0.123. The molecule has 2 amide bonds. The van der Waals surface area contributed by atoms with Crippen LogP contribution in [0.5, 0.6) is 0 Å². The van der Waals surface area contributed by atoms with Crippen molar-refractivity contribution in [1.82, 2.24) is 20.3 Å². The number of anilines is 1. The van der Waals surface area contributed by atoms with E-state index in [0.29, 0.717) is 30.5 Å². The molecule has 1 aromatic carbocycles. The van der Waals surface area contributed by atoms with Crippen molar-refractivity contribution in [3.05, 3.63) is 53.5 Å². The van der Waals surface area contributed by atoms with Crippen LogP contribution >= 0.6 is 0 Å². The maximum atomic E-state index is 12.6. The molecule has 0 aliphatic rings. The Hall–Kier alpha value is -3.42. The van der Waals surface area contributed by atoms with Crippen LogP contribution in [0.4, 0.5) is 5.69 Å². The summed E-state index contributed by atoms with van der Waals surface area (Å²) in [6.45, 7) is 9.00. The number of carbonyl (C=O) groups is 2. The molecule has 0 aliphatic heterocycles. The van der Waals surface area contributed by atoms with E-state index in [4.69, 9.17) is 4.52 Å². The zero-order valence-corrected chi connectivity index (χ0v) is 17.0. The molecule has 152 valence electrons. The van der Waals surface area contributed by atoms with E-state index in [1.54, 1.807) is 16.9 Å². The average molecular weight is 395 g/mol. The first-order valence-electron chi connectivity index (χ1n) is 9.58. The van der Waals surface area contributed by atoms with Gasteiger partial charge in [-0.25, -0.2) is 0 Å². The van der Waals surface area contributed by atoms with Gasteiger partial charge in [0, 0.05) is 30.9 Å². The molecule has 29 heavy (non-hydrogen) atoms. The van der Waals surface area contributed by atoms with Gasteiger partial charge in [0.25, 0.3) is 11.8 Å². The molecular weight excluding hydrogens is 370 g/mol. The van der Waals surface area contributed by atoms with Crippen molar-refractivity contribution in [3.8, 4) is 11.3 Å². The first-order chi connectivity index (χ1) is 13.9. The van der Waals surface area contributed by atoms with Gasteiger partial charge in [-0.15, -0.1) is 0 Å². The van der Waals surface area contributed by atoms with Gasteiger partial charge in [0.05, 0.1) is 5.69 Å². The molecule has 0 unspecified atom stereocenters. The molecule has 0 radical (unpaired) electrons. The van der Waals surface area contributed by atoms with Gasteiger partial charge in [0.2, 0.25) is 0 Å². The molecule has 0 bridgehead atoms. The lowest BCUT2D eigenvalue weighted by Gasteiger charge is -2.07. The molecule has 8 heteroatoms. The first-order valence-corrected chi connectivity index (χ1v) is 9.58. The van der Waals surface area contributed by atoms with E-state index in [1.807, 2.05) is 52.0 Å². The average Bonchev–Trinajstić information content (AvgIpc) is 3.34. The SMILES string of the molecule is CCn1cc(NC(=O)c2cc(-c3ccc(C)cc3)on2)c(C(=O)NCC(C)C)n1. The third-order valence-corrected chi connectivity index (χ3v) is 4.30. The molecule has 0 spiro atoms. The lowest BCUT2D eigenvalue weighted by molar-refractivity contribution is 0.0944. The predicted molar refractivity (Wildman–Crippen MR) is 110 cm³/mol. The molecule has 2 aromatic heterocycles. The van der Waals surface area contributed by atoms with Crippen LogP contribution < -0.4 is 10.6 Å². The highest BCUT2D eigenvalue weighted by atomic mass is 16.5. The standard InChI is InChI=1S/C21H25N5O3/c1-5-26-12-17(19(24-26)21(28)22-11-13(2)3)23-20(27)16-10-18(29-25-16)15-8-6-14(4)7-9-15/h6-10,12-13H,5,11H2,1-4H3,(H,22,28)(H,23,27). The Labute approximate surface area is 169 Å². The third kappa shape index (κ3) is 4.90. The summed E-state index contributed by atoms with van der Waals surface area (Å²) < 4.78 is 6.91. The van der Waals surface area contributed by atoms with Crippen molar-refractivity contribution in [2.75, 3.05) is 11.9 Å². The number of rotatable bonds is 7. The summed E-state index contributed by atoms with van der Waals surface area (Å²) in [6.07, 6.45) is 1.63. The molecule has 0 atom stereocenters. The Morgan fingerprint density at radius 2 is 1.90 bits per heavy atom. The van der Waals surface area contributed by atoms with E-state index in [9.17, 15) is 9.59 Å². The van der Waals surface area contributed by atoms with Crippen molar-refractivity contribution < 1.29 is 14.1 Å². The van der Waals surface area contributed by atoms with Gasteiger partial charge < -0.3 is 15.2 Å². The zero-order chi connectivity index (χ0) is 21.0. The van der Waals surface area contributed by atoms with Crippen LogP contribution in [-0.4, -0.2) is 33.3 Å². The van der Waals surface area contributed by atoms with Crippen LogP contribution in [-0.2, 0) is 6.54 Å². The summed E-state index contributed by atoms with van der Waals surface area (Å²) in [4.78, 5) is 25.1. The lowest BCUT2D eigenvalue weighted by Crippen LogP contribution is -2.28. The van der Waals surface area contributed by atoms with Crippen LogP contribution in [0.3, 0.4) is 0 Å². The van der Waals surface area contributed by atoms with Crippen molar-refractivity contribution >= 4 is 17.5 Å². The molecule has 3 rings (SSSR count). The molecule has 0 saturated carbocycles. The normalized spacial score (nSPS) is 10.9. The summed E-state index contributed by atoms with van der Waals surface area (Å²) >= 11 is 0. The Bertz CT molecular complexity index is 1000. The number of aryl methyl sites for hydroxylation is 2. The topological polar surface area (TPSA) is 102 Å². The monoisotopic (exact) mass is 395 g/mol. The number of aromatic nitrogens is 3. The number of hydrogen-bond donors (Lipinski definition) is 2. The summed E-state index contributed by atoms with van der Waals surface area (Å²) in [7, 11) is 0. The van der Waals surface area contributed by atoms with E-state index in [-0.39, 0.29) is 17.3 Å². The number of carbonyl (C=O) groups excluding carboxylic acids is 2. The Morgan fingerprint density at radius 3 is 2.55 bits per heavy atom. The molecule has 0 saturated heterocycles. The van der Waals surface area contributed by atoms with Crippen LogP contribution in [0.25, 0.3) is 11.3 Å². The highest BCUT2D eigenvalue weighted by molar-refractivity contribution is 6.07. The van der Waals surface area contributed by atoms with Gasteiger partial charge >= 0.3 is 0 Å². The van der Waals surface area contributed by atoms with Gasteiger partial charge in [-0.1, -0.05) is 48.8 Å². The number of nitrogens with one attached hydrogen (secondary N) is 2. The highest BCUT2D eigenvalue weighted by Gasteiger charge is 2.21. The van der Waals surface area contributed by atoms with Crippen molar-refractivity contribution in [1.29, 1.82) is 0 Å². The molecule has 8 nitrogen and oxygen atoms in total. The van der Waals surface area contributed by atoms with Crippen molar-refractivity contribution in [2.45, 2.75) is 34.2 Å². The van der Waals surface area contributed by atoms with Crippen LogP contribution in [0.15, 0.2) is 41.1 Å². The van der Waals surface area contributed by atoms with Crippen LogP contribution in [0.2, 0.25) is 0 Å². The summed E-state index contributed by atoms with van der Waals surface area (Å²) in [5.74, 6) is -0.00254. The Kier molecular flexibility index (Phi) is 6.11. The number of hydrogen-bond acceptors (Lipinski definition) is 5. The zero-order valence-electron chi connectivity index (χ0n) is 17.0. The van der Waals surface area contributed by atoms with Gasteiger partial charge in [0.15, 0.2) is 17.1 Å². The molecule has 0 aliphatic carbocycles. The quantitative estimate of drug-likeness (QED) is 0.637. The van der Waals surface area contributed by atoms with Crippen molar-refractivity contribution in [2.24, 2.45) is 5.92 Å². The fourth-order valence-corrected chi connectivity index (χ4v) is 2.65. The highest BCUT2D eigenvalue weighted by Crippen LogP contribution is 2.22. The Morgan fingerprint density at radius 1 is 1.17 bits per heavy atom. The van der Waals surface area contributed by atoms with Gasteiger partial charge in [-0.05, 0) is 19.8 Å². The molecule has 0 fully saturated rings. The van der Waals surface area contributed by atoms with E-state index < -0.39 is 5.91 Å². The van der Waals surface area contributed by atoms with Crippen LogP contribution in [0, 0.1) is 12.8 Å². The second-order valence-electron chi connectivity index (χ2n) is 7.25. The fraction of sp³-hybridized carbons (Fsp3) is 0.333. The van der Waals surface area contributed by atoms with E-state index in [2.05, 4.69) is 20.9 Å². The van der Waals surface area contributed by atoms with E-state index >= 15 is 0 Å². The number of amides is 2. The summed E-state index contributed by atoms with van der Waals surface area (Å²) in [5, 5.41) is 13.7. The second kappa shape index (κ2) is 8.72. The lowest BCUT2D eigenvalue weighted by atomic mass is 10.1. The maximum absolute atomic E-state index is 12.6. The van der Waals surface area contributed by atoms with E-state index in [1.165, 1.54) is 0 Å². The second-order valence-corrected chi connectivity index (χ2v) is 7.25. The summed E-state index contributed by atoms with van der Waals surface area (Å²) in [5.41, 5.74) is 2.58. The molecule has 3 aromatic rings. The summed E-state index contributed by atoms with van der Waals surface area (Å²) in [6, 6.07) is 9.29. The molecule has 2 N–H and O–H groups in total. The van der Waals surface area contributed by atoms with Crippen molar-refractivity contribution in [3.63, 3.8) is 0 Å².